The molecule has 2 N–H and O–H groups in total. The van der Waals surface area contributed by atoms with Gasteiger partial charge in [-0.2, -0.15) is 0 Å². The van der Waals surface area contributed by atoms with E-state index >= 15 is 0 Å². The number of likely N-dealkylation sites (N-methyl/N-ethyl adjacent to an activating group) is 1. The summed E-state index contributed by atoms with van der Waals surface area (Å²) < 4.78 is 0. The minimum absolute atomic E-state index is 0.391. The first-order valence-electron chi connectivity index (χ1n) is 7.36. The molecule has 0 radical (unpaired) electrons. The van der Waals surface area contributed by atoms with Gasteiger partial charge in [0.25, 0.3) is 0 Å². The maximum absolute atomic E-state index is 9.77. The van der Waals surface area contributed by atoms with Crippen LogP contribution >= 0.6 is 0 Å². The van der Waals surface area contributed by atoms with Crippen molar-refractivity contribution in [1.29, 1.82) is 0 Å². The zero-order valence-corrected chi connectivity index (χ0v) is 12.2. The molecule has 0 aliphatic heterocycles. The molecular formula is C16H26N2O. The van der Waals surface area contributed by atoms with E-state index in [4.69, 9.17) is 0 Å². The van der Waals surface area contributed by atoms with Crippen molar-refractivity contribution in [1.82, 2.24) is 10.2 Å². The third-order valence-corrected chi connectivity index (χ3v) is 4.14. The highest BCUT2D eigenvalue weighted by atomic mass is 16.3. The number of aryl methyl sites for hydroxylation is 1. The maximum Gasteiger partial charge on any atom is 0.120 e. The number of hydrogen-bond acceptors (Lipinski definition) is 3. The summed E-state index contributed by atoms with van der Waals surface area (Å²) >= 11 is 0. The first-order valence-corrected chi connectivity index (χ1v) is 7.36. The van der Waals surface area contributed by atoms with Gasteiger partial charge in [0.05, 0.1) is 0 Å². The predicted molar refractivity (Wildman–Crippen MR) is 79.4 cm³/mol. The van der Waals surface area contributed by atoms with Gasteiger partial charge in [0.15, 0.2) is 0 Å². The predicted octanol–water partition coefficient (Wildman–Crippen LogP) is 2.66. The van der Waals surface area contributed by atoms with E-state index in [0.717, 1.165) is 31.2 Å². The van der Waals surface area contributed by atoms with Crippen LogP contribution in [0, 0.1) is 6.92 Å². The molecule has 0 unspecified atom stereocenters. The van der Waals surface area contributed by atoms with Crippen LogP contribution in [0.15, 0.2) is 18.2 Å². The van der Waals surface area contributed by atoms with Gasteiger partial charge in [0, 0.05) is 31.2 Å². The Morgan fingerprint density at radius 1 is 1.32 bits per heavy atom. The molecule has 0 spiro atoms. The summed E-state index contributed by atoms with van der Waals surface area (Å²) in [4.78, 5) is 2.47. The fourth-order valence-corrected chi connectivity index (χ4v) is 2.86. The third-order valence-electron chi connectivity index (χ3n) is 4.14. The third kappa shape index (κ3) is 4.22. The zero-order valence-electron chi connectivity index (χ0n) is 12.2. The lowest BCUT2D eigenvalue weighted by Crippen LogP contribution is -2.35. The standard InChI is InChI=1S/C16H26N2O/c1-13-7-8-16(19)14(11-13)12-17-9-10-18(2)15-5-3-4-6-15/h7-8,11,15,17,19H,3-6,9-10,12H2,1-2H3. The molecule has 0 aromatic heterocycles. The summed E-state index contributed by atoms with van der Waals surface area (Å²) in [6.45, 7) is 4.85. The Balaban J connectivity index is 1.70. The van der Waals surface area contributed by atoms with Gasteiger partial charge in [-0.05, 0) is 32.9 Å². The summed E-state index contributed by atoms with van der Waals surface area (Å²) in [7, 11) is 2.22. The Morgan fingerprint density at radius 3 is 2.79 bits per heavy atom. The normalized spacial score (nSPS) is 16.4. The van der Waals surface area contributed by atoms with Crippen molar-refractivity contribution in [2.45, 2.75) is 45.2 Å². The van der Waals surface area contributed by atoms with Gasteiger partial charge >= 0.3 is 0 Å². The van der Waals surface area contributed by atoms with E-state index in [0.29, 0.717) is 5.75 Å². The maximum atomic E-state index is 9.77. The number of aromatic hydroxyl groups is 1. The summed E-state index contributed by atoms with van der Waals surface area (Å²) in [5, 5.41) is 13.2. The second-order valence-corrected chi connectivity index (χ2v) is 5.73. The van der Waals surface area contributed by atoms with Crippen LogP contribution in [-0.4, -0.2) is 36.2 Å². The van der Waals surface area contributed by atoms with E-state index in [1.165, 1.54) is 31.2 Å². The minimum Gasteiger partial charge on any atom is -0.508 e. The van der Waals surface area contributed by atoms with E-state index in [1.54, 1.807) is 6.07 Å². The number of nitrogens with one attached hydrogen (secondary N) is 1. The summed E-state index contributed by atoms with van der Waals surface area (Å²) in [5.41, 5.74) is 2.18. The van der Waals surface area contributed by atoms with Gasteiger partial charge in [-0.25, -0.2) is 0 Å². The number of rotatable bonds is 6. The van der Waals surface area contributed by atoms with Crippen molar-refractivity contribution >= 4 is 0 Å². The summed E-state index contributed by atoms with van der Waals surface area (Å²) in [6.07, 6.45) is 5.49. The molecule has 1 aliphatic carbocycles. The topological polar surface area (TPSA) is 35.5 Å². The number of nitrogens with zero attached hydrogens (tertiary/aromatic N) is 1. The van der Waals surface area contributed by atoms with Gasteiger partial charge in [-0.1, -0.05) is 30.5 Å². The molecule has 1 aromatic rings. The molecule has 106 valence electrons. The molecule has 0 bridgehead atoms. The van der Waals surface area contributed by atoms with E-state index in [2.05, 4.69) is 24.2 Å². The van der Waals surface area contributed by atoms with Crippen LogP contribution in [0.5, 0.6) is 5.75 Å². The van der Waals surface area contributed by atoms with E-state index in [9.17, 15) is 5.11 Å². The van der Waals surface area contributed by atoms with Crippen LogP contribution in [0.4, 0.5) is 0 Å². The van der Waals surface area contributed by atoms with E-state index in [1.807, 2.05) is 12.1 Å². The number of hydrogen-bond donors (Lipinski definition) is 2. The molecule has 19 heavy (non-hydrogen) atoms. The fraction of sp³-hybridized carbons (Fsp3) is 0.625. The van der Waals surface area contributed by atoms with Gasteiger partial charge in [-0.15, -0.1) is 0 Å². The molecule has 0 atom stereocenters. The van der Waals surface area contributed by atoms with Crippen LogP contribution in [0.3, 0.4) is 0 Å². The molecule has 2 rings (SSSR count). The van der Waals surface area contributed by atoms with Crippen molar-refractivity contribution in [3.8, 4) is 5.75 Å². The average Bonchev–Trinajstić information content (AvgIpc) is 2.92. The second kappa shape index (κ2) is 6.92. The Bertz CT molecular complexity index is 400. The van der Waals surface area contributed by atoms with Crippen molar-refractivity contribution in [3.63, 3.8) is 0 Å². The van der Waals surface area contributed by atoms with Crippen molar-refractivity contribution in [2.24, 2.45) is 0 Å². The average molecular weight is 262 g/mol. The fourth-order valence-electron chi connectivity index (χ4n) is 2.86. The highest BCUT2D eigenvalue weighted by molar-refractivity contribution is 5.35. The van der Waals surface area contributed by atoms with Gasteiger partial charge in [-0.3, -0.25) is 0 Å². The minimum atomic E-state index is 0.391. The first-order chi connectivity index (χ1) is 9.16. The quantitative estimate of drug-likeness (QED) is 0.774. The Labute approximate surface area is 116 Å². The molecule has 3 nitrogen and oxygen atoms in total. The molecule has 1 aromatic carbocycles. The second-order valence-electron chi connectivity index (χ2n) is 5.73. The van der Waals surface area contributed by atoms with Crippen molar-refractivity contribution < 1.29 is 5.11 Å². The largest absolute Gasteiger partial charge is 0.508 e. The number of phenols is 1. The first kappa shape index (κ1) is 14.4. The van der Waals surface area contributed by atoms with Crippen LogP contribution in [0.25, 0.3) is 0 Å². The van der Waals surface area contributed by atoms with Crippen LogP contribution < -0.4 is 5.32 Å². The molecule has 0 heterocycles. The highest BCUT2D eigenvalue weighted by Crippen LogP contribution is 2.22. The zero-order chi connectivity index (χ0) is 13.7. The van der Waals surface area contributed by atoms with Crippen molar-refractivity contribution in [2.75, 3.05) is 20.1 Å². The van der Waals surface area contributed by atoms with Crippen LogP contribution in [0.2, 0.25) is 0 Å². The number of benzene rings is 1. The van der Waals surface area contributed by atoms with E-state index < -0.39 is 0 Å². The smallest absolute Gasteiger partial charge is 0.120 e. The highest BCUT2D eigenvalue weighted by Gasteiger charge is 2.18. The lowest BCUT2D eigenvalue weighted by Gasteiger charge is -2.24. The van der Waals surface area contributed by atoms with Crippen LogP contribution in [0.1, 0.15) is 36.8 Å². The van der Waals surface area contributed by atoms with Crippen LogP contribution in [-0.2, 0) is 6.54 Å². The Morgan fingerprint density at radius 2 is 2.05 bits per heavy atom. The molecule has 3 heteroatoms. The monoisotopic (exact) mass is 262 g/mol. The van der Waals surface area contributed by atoms with Gasteiger partial charge in [0.2, 0.25) is 0 Å². The molecular weight excluding hydrogens is 236 g/mol. The molecule has 0 saturated heterocycles. The Kier molecular flexibility index (Phi) is 5.23. The lowest BCUT2D eigenvalue weighted by atomic mass is 10.1. The molecule has 1 aliphatic rings. The molecule has 1 fully saturated rings. The van der Waals surface area contributed by atoms with E-state index in [-0.39, 0.29) is 0 Å². The molecule has 0 amide bonds. The van der Waals surface area contributed by atoms with Gasteiger partial charge in [0.1, 0.15) is 5.75 Å². The van der Waals surface area contributed by atoms with Gasteiger partial charge < -0.3 is 15.3 Å². The summed E-state index contributed by atoms with van der Waals surface area (Å²) in [5.74, 6) is 0.391. The summed E-state index contributed by atoms with van der Waals surface area (Å²) in [6, 6.07) is 6.54. The number of phenolic OH excluding ortho intramolecular Hbond substituents is 1. The lowest BCUT2D eigenvalue weighted by molar-refractivity contribution is 0.245. The molecule has 1 saturated carbocycles. The Hall–Kier alpha value is -1.06. The SMILES string of the molecule is Cc1ccc(O)c(CNCCN(C)C2CCCC2)c1. The van der Waals surface area contributed by atoms with Crippen molar-refractivity contribution in [3.05, 3.63) is 29.3 Å².